The number of carbonyl (C=O) groups is 1. The minimum atomic E-state index is -4.20. The summed E-state index contributed by atoms with van der Waals surface area (Å²) in [6.07, 6.45) is 0. The molecule has 0 heterocycles. The van der Waals surface area contributed by atoms with Crippen molar-refractivity contribution in [2.75, 3.05) is 38.8 Å². The lowest BCUT2D eigenvalue weighted by molar-refractivity contribution is -0.141. The minimum Gasteiger partial charge on any atom is -0.497 e. The zero-order valence-electron chi connectivity index (χ0n) is 16.5. The van der Waals surface area contributed by atoms with Gasteiger partial charge in [0.1, 0.15) is 23.8 Å². The Kier molecular flexibility index (Phi) is 7.58. The summed E-state index contributed by atoms with van der Waals surface area (Å²) in [4.78, 5) is 12.0. The molecule has 10 heteroatoms. The first kappa shape index (κ1) is 22.6. The molecule has 0 bridgehead atoms. The molecule has 29 heavy (non-hydrogen) atoms. The van der Waals surface area contributed by atoms with Crippen molar-refractivity contribution in [1.82, 2.24) is 0 Å². The van der Waals surface area contributed by atoms with Gasteiger partial charge in [0.2, 0.25) is 0 Å². The lowest BCUT2D eigenvalue weighted by Gasteiger charge is -2.25. The summed E-state index contributed by atoms with van der Waals surface area (Å²) in [5.41, 5.74) is 0.147. The number of ether oxygens (including phenoxy) is 4. The molecule has 8 nitrogen and oxygen atoms in total. The number of hydrogen-bond acceptors (Lipinski definition) is 7. The normalized spacial score (nSPS) is 10.9. The fraction of sp³-hybridized carbons (Fsp3) is 0.316. The van der Waals surface area contributed by atoms with Crippen molar-refractivity contribution in [2.45, 2.75) is 11.8 Å². The van der Waals surface area contributed by atoms with Gasteiger partial charge in [0, 0.05) is 6.07 Å². The average molecular weight is 444 g/mol. The second-order valence-corrected chi connectivity index (χ2v) is 7.92. The van der Waals surface area contributed by atoms with Crippen LogP contribution in [0.3, 0.4) is 0 Å². The fourth-order valence-electron chi connectivity index (χ4n) is 2.55. The minimum absolute atomic E-state index is 0.112. The van der Waals surface area contributed by atoms with Gasteiger partial charge < -0.3 is 18.9 Å². The molecular weight excluding hydrogens is 422 g/mol. The zero-order valence-corrected chi connectivity index (χ0v) is 18.0. The first-order valence-corrected chi connectivity index (χ1v) is 10.3. The molecule has 2 rings (SSSR count). The number of hydrogen-bond donors (Lipinski definition) is 0. The smallest absolute Gasteiger partial charge is 0.326 e. The van der Waals surface area contributed by atoms with E-state index in [4.69, 9.17) is 30.5 Å². The highest BCUT2D eigenvalue weighted by atomic mass is 35.5. The molecule has 0 aromatic heterocycles. The van der Waals surface area contributed by atoms with Crippen LogP contribution in [-0.2, 0) is 19.6 Å². The Balaban J connectivity index is 2.61. The van der Waals surface area contributed by atoms with Gasteiger partial charge >= 0.3 is 5.97 Å². The number of rotatable bonds is 9. The quantitative estimate of drug-likeness (QED) is 0.550. The Morgan fingerprint density at radius 3 is 2.24 bits per heavy atom. The van der Waals surface area contributed by atoms with Crippen LogP contribution >= 0.6 is 11.6 Å². The second-order valence-electron chi connectivity index (χ2n) is 5.65. The van der Waals surface area contributed by atoms with Gasteiger partial charge in [-0.1, -0.05) is 11.6 Å². The van der Waals surface area contributed by atoms with Crippen molar-refractivity contribution in [3.63, 3.8) is 0 Å². The Morgan fingerprint density at radius 1 is 1.00 bits per heavy atom. The maximum Gasteiger partial charge on any atom is 0.326 e. The summed E-state index contributed by atoms with van der Waals surface area (Å²) in [6, 6.07) is 8.59. The summed E-state index contributed by atoms with van der Waals surface area (Å²) in [7, 11) is 0.0856. The second kappa shape index (κ2) is 9.71. The molecule has 0 saturated heterocycles. The van der Waals surface area contributed by atoms with E-state index in [9.17, 15) is 13.2 Å². The van der Waals surface area contributed by atoms with E-state index in [-0.39, 0.29) is 28.0 Å². The van der Waals surface area contributed by atoms with Crippen LogP contribution in [0.2, 0.25) is 5.02 Å². The summed E-state index contributed by atoms with van der Waals surface area (Å²) in [5.74, 6) is 0.279. The van der Waals surface area contributed by atoms with E-state index < -0.39 is 22.5 Å². The molecule has 0 spiro atoms. The number of esters is 1. The molecule has 0 aliphatic rings. The van der Waals surface area contributed by atoms with Crippen molar-refractivity contribution >= 4 is 33.3 Å². The van der Waals surface area contributed by atoms with Gasteiger partial charge in [0.05, 0.1) is 43.5 Å². The van der Waals surface area contributed by atoms with Gasteiger partial charge in [-0.25, -0.2) is 8.42 Å². The SMILES string of the molecule is CCOC(=O)CN(c1ccc(OC)cc1OC)S(=O)(=O)c1ccc(OC)c(Cl)c1. The molecule has 0 N–H and O–H groups in total. The molecular formula is C19H22ClNO7S. The van der Waals surface area contributed by atoms with Gasteiger partial charge in [-0.2, -0.15) is 0 Å². The Labute approximate surface area is 174 Å². The van der Waals surface area contributed by atoms with Gasteiger partial charge in [0.25, 0.3) is 10.0 Å². The third kappa shape index (κ3) is 5.04. The standard InChI is InChI=1S/C19H22ClNO7S/c1-5-28-19(22)12-21(16-8-6-13(25-2)10-18(16)27-4)29(23,24)14-7-9-17(26-3)15(20)11-14/h6-11H,5,12H2,1-4H3. The van der Waals surface area contributed by atoms with Crippen molar-refractivity contribution in [3.05, 3.63) is 41.4 Å². The Bertz CT molecular complexity index is 979. The van der Waals surface area contributed by atoms with Crippen LogP contribution in [0.25, 0.3) is 0 Å². The molecule has 0 amide bonds. The van der Waals surface area contributed by atoms with E-state index in [1.54, 1.807) is 13.0 Å². The zero-order chi connectivity index (χ0) is 21.6. The monoisotopic (exact) mass is 443 g/mol. The lowest BCUT2D eigenvalue weighted by atomic mass is 10.2. The predicted molar refractivity (Wildman–Crippen MR) is 109 cm³/mol. The number of carbonyl (C=O) groups excluding carboxylic acids is 1. The van der Waals surface area contributed by atoms with Crippen LogP contribution in [0.15, 0.2) is 41.3 Å². The highest BCUT2D eigenvalue weighted by Gasteiger charge is 2.30. The predicted octanol–water partition coefficient (Wildman–Crippen LogP) is 3.12. The average Bonchev–Trinajstić information content (AvgIpc) is 2.71. The van der Waals surface area contributed by atoms with Crippen LogP contribution in [-0.4, -0.2) is 48.9 Å². The molecule has 0 radical (unpaired) electrons. The first-order valence-electron chi connectivity index (χ1n) is 8.52. The Morgan fingerprint density at radius 2 is 1.69 bits per heavy atom. The summed E-state index contributed by atoms with van der Waals surface area (Å²) in [6.45, 7) is 1.19. The molecule has 0 fully saturated rings. The van der Waals surface area contributed by atoms with Crippen molar-refractivity contribution in [2.24, 2.45) is 0 Å². The van der Waals surface area contributed by atoms with Crippen molar-refractivity contribution in [1.29, 1.82) is 0 Å². The van der Waals surface area contributed by atoms with Crippen LogP contribution in [0, 0.1) is 0 Å². The van der Waals surface area contributed by atoms with Crippen molar-refractivity contribution < 1.29 is 32.2 Å². The number of halogens is 1. The van der Waals surface area contributed by atoms with E-state index in [1.807, 2.05) is 0 Å². The number of methoxy groups -OCH3 is 3. The van der Waals surface area contributed by atoms with Crippen LogP contribution in [0.4, 0.5) is 5.69 Å². The largest absolute Gasteiger partial charge is 0.497 e. The molecule has 0 aliphatic carbocycles. The van der Waals surface area contributed by atoms with Gasteiger partial charge in [-0.15, -0.1) is 0 Å². The molecule has 158 valence electrons. The number of anilines is 1. The molecule has 0 atom stereocenters. The highest BCUT2D eigenvalue weighted by Crippen LogP contribution is 2.36. The molecule has 0 aliphatic heterocycles. The van der Waals surface area contributed by atoms with Crippen molar-refractivity contribution in [3.8, 4) is 17.2 Å². The van der Waals surface area contributed by atoms with Crippen LogP contribution < -0.4 is 18.5 Å². The Hall–Kier alpha value is -2.65. The number of benzene rings is 2. The van der Waals surface area contributed by atoms with Gasteiger partial charge in [-0.05, 0) is 37.3 Å². The van der Waals surface area contributed by atoms with E-state index in [1.165, 1.54) is 51.7 Å². The third-order valence-electron chi connectivity index (χ3n) is 3.94. The maximum absolute atomic E-state index is 13.4. The summed E-state index contributed by atoms with van der Waals surface area (Å²) in [5, 5.41) is 0.117. The molecule has 0 saturated carbocycles. The van der Waals surface area contributed by atoms with Gasteiger partial charge in [-0.3, -0.25) is 9.10 Å². The van der Waals surface area contributed by atoms with Gasteiger partial charge in [0.15, 0.2) is 0 Å². The highest BCUT2D eigenvalue weighted by molar-refractivity contribution is 7.92. The van der Waals surface area contributed by atoms with E-state index in [0.29, 0.717) is 11.5 Å². The van der Waals surface area contributed by atoms with E-state index in [2.05, 4.69) is 0 Å². The fourth-order valence-corrected chi connectivity index (χ4v) is 4.32. The third-order valence-corrected chi connectivity index (χ3v) is 6.00. The number of nitrogens with zero attached hydrogens (tertiary/aromatic N) is 1. The van der Waals surface area contributed by atoms with Crippen LogP contribution in [0.1, 0.15) is 6.92 Å². The molecule has 2 aromatic carbocycles. The molecule has 2 aromatic rings. The van der Waals surface area contributed by atoms with E-state index >= 15 is 0 Å². The molecule has 0 unspecified atom stereocenters. The summed E-state index contributed by atoms with van der Waals surface area (Å²) < 4.78 is 48.1. The number of sulfonamides is 1. The summed E-state index contributed by atoms with van der Waals surface area (Å²) >= 11 is 6.10. The maximum atomic E-state index is 13.4. The van der Waals surface area contributed by atoms with Crippen LogP contribution in [0.5, 0.6) is 17.2 Å². The van der Waals surface area contributed by atoms with E-state index in [0.717, 1.165) is 4.31 Å². The lowest BCUT2D eigenvalue weighted by Crippen LogP contribution is -2.37. The topological polar surface area (TPSA) is 91.4 Å². The first-order chi connectivity index (χ1) is 13.8.